The number of anilines is 2. The average Bonchev–Trinajstić information content (AvgIpc) is 1.48. The van der Waals surface area contributed by atoms with Gasteiger partial charge in [0.05, 0.1) is 39.1 Å². The number of nitrogens with one attached hydrogen (secondary N) is 11. The molecule has 2 aromatic heterocycles. The number of unbranched alkanes of at least 4 members (excludes halogenated alkanes) is 1. The van der Waals surface area contributed by atoms with Crippen LogP contribution in [-0.4, -0.2) is 289 Å². The van der Waals surface area contributed by atoms with E-state index >= 15 is 9.59 Å². The van der Waals surface area contributed by atoms with Crippen LogP contribution in [-0.2, 0) is 97.6 Å². The fourth-order valence-electron chi connectivity index (χ4n) is 13.6. The Hall–Kier alpha value is -13.0. The summed E-state index contributed by atoms with van der Waals surface area (Å²) in [6, 6.07) is 15.4. The second kappa shape index (κ2) is 48.3. The van der Waals surface area contributed by atoms with Crippen molar-refractivity contribution in [1.82, 2.24) is 82.0 Å². The number of benzene rings is 4. The van der Waals surface area contributed by atoms with Crippen molar-refractivity contribution in [3.05, 3.63) is 150 Å². The summed E-state index contributed by atoms with van der Waals surface area (Å²) < 4.78 is 0. The van der Waals surface area contributed by atoms with E-state index in [-0.39, 0.29) is 120 Å². The lowest BCUT2D eigenvalue weighted by atomic mass is 10.00. The molecule has 0 saturated carbocycles. The Labute approximate surface area is 703 Å². The molecule has 40 nitrogen and oxygen atoms in total. The van der Waals surface area contributed by atoms with Crippen LogP contribution in [0.25, 0.3) is 10.9 Å². The summed E-state index contributed by atoms with van der Waals surface area (Å²) in [5, 5.41) is 53.7. The number of carbonyl (C=O) groups excluding carboxylic acids is 13. The summed E-state index contributed by atoms with van der Waals surface area (Å²) >= 11 is 0. The number of aliphatic carboxylic acids is 3. The van der Waals surface area contributed by atoms with Crippen molar-refractivity contribution in [3.8, 4) is 0 Å². The van der Waals surface area contributed by atoms with Gasteiger partial charge in [-0.2, -0.15) is 0 Å². The Balaban J connectivity index is 1.08. The zero-order valence-corrected chi connectivity index (χ0v) is 68.6. The number of nitrogens with two attached hydrogens (primary N) is 4. The Morgan fingerprint density at radius 1 is 0.525 bits per heavy atom. The maximum Gasteiger partial charge on any atom is 0.317 e. The summed E-state index contributed by atoms with van der Waals surface area (Å²) in [6.45, 7) is 4.77. The predicted octanol–water partition coefficient (Wildman–Crippen LogP) is -2.33. The third kappa shape index (κ3) is 31.6. The highest BCUT2D eigenvalue weighted by molar-refractivity contribution is 6.09. The molecule has 658 valence electrons. The van der Waals surface area contributed by atoms with Gasteiger partial charge in [0.25, 0.3) is 5.91 Å². The van der Waals surface area contributed by atoms with Gasteiger partial charge < -0.3 is 96.1 Å². The van der Waals surface area contributed by atoms with Gasteiger partial charge >= 0.3 is 17.9 Å². The molecule has 1 aliphatic rings. The zero-order chi connectivity index (χ0) is 89.1. The Morgan fingerprint density at radius 3 is 1.62 bits per heavy atom. The molecule has 6 aromatic rings. The van der Waals surface area contributed by atoms with Gasteiger partial charge in [-0.05, 0) is 84.8 Å². The standard InChI is InChI=1S/C82H111N21O19/c1-5-6-18-60(74(86)114)94-78(118)62(37-51-13-8-7-9-14-51)96-79(119)64(40-57-43-87-48-90-57)93-67(105)26-27-88-81(121)73(49(2)3)98-75(115)50(4)91-77(117)63(39-54-42-89-59-19-11-10-17-58(54)59)97-76(116)61(24-25-66(85)104)95-80(120)65(103(69(107)41-83)82(122)53-20-22-55(84)23-21-53)38-52-15-12-16-56(36-52)92-68(106)44-99-28-30-100(45-70(108)109)32-34-102(47-72(112)113)35-33-101(31-29-99)46-71(110)111/h7-17,19-23,36,42-43,48-50,60-65,73,89H,5-6,18,24-35,37-41,44-47,83-84H2,1-4H3,(H2,85,104)(H2,86,114)(H,87,90)(H,88,121)(H,91,117)(H,92,106)(H,93,105)(H,94,118)(H,95,120)(H,96,119)(H,97,116)(H,98,115)(H,108,109)(H,110,111)(H,112,113)/t50-,60-,61-,62-,63-,64-,65-,73-/m0/s1. The number of nitrogens with zero attached hydrogens (tertiary/aromatic N) is 6. The monoisotopic (exact) mass is 1690 g/mol. The molecule has 1 fully saturated rings. The van der Waals surface area contributed by atoms with Gasteiger partial charge in [-0.3, -0.25) is 101 Å². The van der Waals surface area contributed by atoms with E-state index < -0.39 is 194 Å². The van der Waals surface area contributed by atoms with Crippen molar-refractivity contribution >= 4 is 117 Å². The maximum absolute atomic E-state index is 15.4. The molecule has 1 saturated heterocycles. The lowest BCUT2D eigenvalue weighted by Gasteiger charge is -2.32. The fourth-order valence-corrected chi connectivity index (χ4v) is 13.6. The number of imide groups is 1. The molecule has 1 aliphatic heterocycles. The van der Waals surface area contributed by atoms with Crippen LogP contribution < -0.4 is 70.8 Å². The van der Waals surface area contributed by atoms with E-state index in [0.717, 1.165) is 0 Å². The van der Waals surface area contributed by atoms with Gasteiger partial charge in [0.1, 0.15) is 48.3 Å². The quantitative estimate of drug-likeness (QED) is 0.0178. The number of hydrogen-bond acceptors (Lipinski definition) is 23. The number of amides is 13. The number of imidazole rings is 1. The second-order valence-electron chi connectivity index (χ2n) is 30.1. The van der Waals surface area contributed by atoms with E-state index in [1.165, 1.54) is 68.0 Å². The number of primary amides is 2. The molecule has 0 bridgehead atoms. The molecule has 40 heteroatoms. The number of carboxylic acids is 3. The Morgan fingerprint density at radius 2 is 1.07 bits per heavy atom. The average molecular weight is 1690 g/mol. The number of carbonyl (C=O) groups is 16. The first kappa shape index (κ1) is 96.1. The van der Waals surface area contributed by atoms with Crippen LogP contribution in [0.2, 0.25) is 0 Å². The number of carboxylic acid groups (broad SMARTS) is 3. The highest BCUT2D eigenvalue weighted by Crippen LogP contribution is 2.23. The van der Waals surface area contributed by atoms with Gasteiger partial charge in [0, 0.05) is 143 Å². The normalized spacial score (nSPS) is 15.1. The van der Waals surface area contributed by atoms with E-state index in [9.17, 15) is 82.4 Å². The first-order chi connectivity index (χ1) is 58.2. The van der Waals surface area contributed by atoms with Crippen molar-refractivity contribution < 1.29 is 92.0 Å². The molecule has 8 atom stereocenters. The van der Waals surface area contributed by atoms with Crippen LogP contribution in [0.5, 0.6) is 0 Å². The van der Waals surface area contributed by atoms with Crippen molar-refractivity contribution in [3.63, 3.8) is 0 Å². The molecule has 0 unspecified atom stereocenters. The smallest absolute Gasteiger partial charge is 0.317 e. The summed E-state index contributed by atoms with van der Waals surface area (Å²) in [4.78, 5) is 236. The zero-order valence-electron chi connectivity index (χ0n) is 68.6. The molecule has 0 spiro atoms. The lowest BCUT2D eigenvalue weighted by Crippen LogP contribution is -2.60. The van der Waals surface area contributed by atoms with E-state index in [1.54, 1.807) is 94.2 Å². The molecular formula is C82H111N21O19. The minimum Gasteiger partial charge on any atom is -0.480 e. The van der Waals surface area contributed by atoms with Crippen molar-refractivity contribution in [2.45, 2.75) is 140 Å². The van der Waals surface area contributed by atoms with E-state index in [0.29, 0.717) is 45.5 Å². The van der Waals surface area contributed by atoms with Crippen molar-refractivity contribution in [2.24, 2.45) is 23.1 Å². The fraction of sp³-hybridized carbons (Fsp3) is 0.451. The minimum atomic E-state index is -1.90. The lowest BCUT2D eigenvalue weighted by molar-refractivity contribution is -0.140. The number of aromatic amines is 2. The van der Waals surface area contributed by atoms with Crippen LogP contribution in [0.15, 0.2) is 122 Å². The number of aromatic nitrogens is 3. The molecule has 4 aromatic carbocycles. The molecular weight excluding hydrogens is 1580 g/mol. The first-order valence-corrected chi connectivity index (χ1v) is 40.1. The summed E-state index contributed by atoms with van der Waals surface area (Å²) in [5.41, 5.74) is 25.9. The van der Waals surface area contributed by atoms with E-state index in [4.69, 9.17) is 22.9 Å². The summed E-state index contributed by atoms with van der Waals surface area (Å²) in [5.74, 6) is -15.5. The highest BCUT2D eigenvalue weighted by atomic mass is 16.4. The van der Waals surface area contributed by atoms with Crippen molar-refractivity contribution in [1.29, 1.82) is 0 Å². The van der Waals surface area contributed by atoms with E-state index in [1.807, 2.05) is 6.92 Å². The highest BCUT2D eigenvalue weighted by Gasteiger charge is 2.39. The third-order valence-electron chi connectivity index (χ3n) is 20.2. The molecule has 122 heavy (non-hydrogen) atoms. The summed E-state index contributed by atoms with van der Waals surface area (Å²) in [6.07, 6.45) is 3.52. The Kier molecular flexibility index (Phi) is 38.0. The van der Waals surface area contributed by atoms with Crippen LogP contribution in [0.1, 0.15) is 99.0 Å². The minimum absolute atomic E-state index is 0.000337. The van der Waals surface area contributed by atoms with Gasteiger partial charge in [-0.25, -0.2) is 4.98 Å². The number of rotatable bonds is 45. The van der Waals surface area contributed by atoms with Gasteiger partial charge in [0.2, 0.25) is 70.9 Å². The number of fused-ring (bicyclic) bond motifs is 1. The largest absolute Gasteiger partial charge is 0.480 e. The van der Waals surface area contributed by atoms with Crippen LogP contribution in [0, 0.1) is 5.92 Å². The SMILES string of the molecule is CCCC[C@H](NC(=O)[C@H](Cc1ccccc1)NC(=O)[C@H](Cc1cnc[nH]1)NC(=O)CCNC(=O)[C@@H](NC(=O)[C@H](C)NC(=O)[C@H](Cc1c[nH]c2ccccc12)NC(=O)[C@H](CCC(N)=O)NC(=O)[C@H](Cc1cccc(NC(=O)CN2CCN(CC(=O)O)CCN(CC(=O)O)CCN(CC(=O)O)CC2)c1)N(C(=O)CN)C(=O)c1ccc(N)cc1)C(C)C)C(N)=O. The second-order valence-corrected chi connectivity index (χ2v) is 30.1. The van der Waals surface area contributed by atoms with Gasteiger partial charge in [-0.15, -0.1) is 0 Å². The molecule has 7 rings (SSSR count). The number of para-hydroxylation sites is 1. The summed E-state index contributed by atoms with van der Waals surface area (Å²) in [7, 11) is 0. The number of H-pyrrole nitrogens is 2. The van der Waals surface area contributed by atoms with Gasteiger partial charge in [-0.1, -0.05) is 94.3 Å². The molecule has 13 amide bonds. The van der Waals surface area contributed by atoms with Crippen LogP contribution in [0.3, 0.4) is 0 Å². The van der Waals surface area contributed by atoms with Crippen LogP contribution in [0.4, 0.5) is 11.4 Å². The molecule has 22 N–H and O–H groups in total. The van der Waals surface area contributed by atoms with E-state index in [2.05, 4.69) is 62.8 Å². The topological polar surface area (TPSA) is 607 Å². The van der Waals surface area contributed by atoms with Crippen LogP contribution >= 0.6 is 0 Å². The first-order valence-electron chi connectivity index (χ1n) is 40.1. The predicted molar refractivity (Wildman–Crippen MR) is 446 cm³/mol. The maximum atomic E-state index is 15.4. The molecule has 3 heterocycles. The van der Waals surface area contributed by atoms with Crippen molar-refractivity contribution in [2.75, 3.05) is 103 Å². The third-order valence-corrected chi connectivity index (χ3v) is 20.2. The molecule has 0 radical (unpaired) electrons. The molecule has 0 aliphatic carbocycles. The number of hydrogen-bond donors (Lipinski definition) is 18. The Bertz CT molecular complexity index is 4570. The number of nitrogen functional groups attached to an aromatic ring is 1. The van der Waals surface area contributed by atoms with Gasteiger partial charge in [0.15, 0.2) is 0 Å².